The number of esters is 1. The molecule has 4 atom stereocenters. The SMILES string of the molecule is CCC(C)C(NC(=O)OC(C)(C)C)C(=O)OC1c2cc(OC)c3c(c2-c2c(cc(OC)c4c2OCO4)C1O)OCO3. The molecule has 0 spiro atoms. The molecule has 0 aromatic heterocycles. The summed E-state index contributed by atoms with van der Waals surface area (Å²) in [5.74, 6) is 1.08. The van der Waals surface area contributed by atoms with Crippen LogP contribution in [0.3, 0.4) is 0 Å². The van der Waals surface area contributed by atoms with Crippen LogP contribution in [0.15, 0.2) is 12.1 Å². The average molecular weight is 574 g/mol. The first kappa shape index (κ1) is 28.5. The Morgan fingerprint density at radius 3 is 1.98 bits per heavy atom. The number of ether oxygens (including phenoxy) is 8. The van der Waals surface area contributed by atoms with Gasteiger partial charge in [-0.3, -0.25) is 0 Å². The molecule has 41 heavy (non-hydrogen) atoms. The lowest BCUT2D eigenvalue weighted by molar-refractivity contribution is -0.160. The molecule has 0 saturated heterocycles. The molecule has 0 saturated carbocycles. The molecule has 12 nitrogen and oxygen atoms in total. The van der Waals surface area contributed by atoms with Crippen molar-refractivity contribution in [3.63, 3.8) is 0 Å². The third-order valence-electron chi connectivity index (χ3n) is 7.26. The van der Waals surface area contributed by atoms with E-state index in [-0.39, 0.29) is 19.5 Å². The van der Waals surface area contributed by atoms with Gasteiger partial charge in [-0.1, -0.05) is 20.3 Å². The van der Waals surface area contributed by atoms with Crippen LogP contribution in [0.25, 0.3) is 11.1 Å². The molecule has 2 aliphatic heterocycles. The van der Waals surface area contributed by atoms with Gasteiger partial charge in [-0.25, -0.2) is 9.59 Å². The van der Waals surface area contributed by atoms with E-state index in [9.17, 15) is 14.7 Å². The van der Waals surface area contributed by atoms with Crippen LogP contribution in [0.4, 0.5) is 4.79 Å². The number of hydrogen-bond donors (Lipinski definition) is 2. The molecule has 12 heteroatoms. The number of benzene rings is 2. The zero-order chi connectivity index (χ0) is 29.6. The zero-order valence-corrected chi connectivity index (χ0v) is 24.1. The summed E-state index contributed by atoms with van der Waals surface area (Å²) in [6.07, 6.45) is -2.76. The highest BCUT2D eigenvalue weighted by Crippen LogP contribution is 2.62. The molecule has 1 amide bonds. The van der Waals surface area contributed by atoms with E-state index in [2.05, 4.69) is 5.32 Å². The maximum Gasteiger partial charge on any atom is 0.408 e. The molecule has 2 heterocycles. The minimum absolute atomic E-state index is 0.0470. The van der Waals surface area contributed by atoms with Crippen molar-refractivity contribution >= 4 is 12.1 Å². The molecule has 3 aliphatic rings. The molecule has 4 unspecified atom stereocenters. The fraction of sp³-hybridized carbons (Fsp3) is 0.517. The summed E-state index contributed by atoms with van der Waals surface area (Å²) in [5, 5.41) is 14.4. The second-order valence-electron chi connectivity index (χ2n) is 11.0. The van der Waals surface area contributed by atoms with E-state index in [1.165, 1.54) is 14.2 Å². The summed E-state index contributed by atoms with van der Waals surface area (Å²) in [6, 6.07) is 2.21. The van der Waals surface area contributed by atoms with Gasteiger partial charge in [-0.15, -0.1) is 0 Å². The van der Waals surface area contributed by atoms with E-state index < -0.39 is 35.9 Å². The molecular weight excluding hydrogens is 538 g/mol. The number of methoxy groups -OCH3 is 2. The number of rotatable bonds is 7. The lowest BCUT2D eigenvalue weighted by Gasteiger charge is -2.35. The van der Waals surface area contributed by atoms with E-state index in [0.29, 0.717) is 63.2 Å². The Balaban J connectivity index is 1.61. The van der Waals surface area contributed by atoms with Crippen LogP contribution < -0.4 is 33.7 Å². The quantitative estimate of drug-likeness (QED) is 0.456. The molecule has 0 fully saturated rings. The number of alkyl carbamates (subject to hydrolysis) is 1. The molecule has 1 aliphatic carbocycles. The van der Waals surface area contributed by atoms with Gasteiger partial charge in [0.25, 0.3) is 0 Å². The van der Waals surface area contributed by atoms with Gasteiger partial charge in [0.2, 0.25) is 25.1 Å². The third kappa shape index (κ3) is 5.01. The highest BCUT2D eigenvalue weighted by molar-refractivity contribution is 5.91. The molecule has 2 aromatic carbocycles. The fourth-order valence-corrected chi connectivity index (χ4v) is 5.15. The molecule has 5 rings (SSSR count). The van der Waals surface area contributed by atoms with Crippen molar-refractivity contribution in [2.45, 2.75) is 64.9 Å². The average Bonchev–Trinajstić information content (AvgIpc) is 3.61. The fourth-order valence-electron chi connectivity index (χ4n) is 5.15. The van der Waals surface area contributed by atoms with Crippen molar-refractivity contribution < 1.29 is 52.6 Å². The summed E-state index contributed by atoms with van der Waals surface area (Å²) in [6.45, 7) is 8.79. The van der Waals surface area contributed by atoms with Crippen LogP contribution in [0.5, 0.6) is 34.5 Å². The largest absolute Gasteiger partial charge is 0.493 e. The smallest absolute Gasteiger partial charge is 0.408 e. The van der Waals surface area contributed by atoms with Crippen molar-refractivity contribution in [2.24, 2.45) is 5.92 Å². The number of fused-ring (bicyclic) bond motifs is 7. The normalized spacial score (nSPS) is 19.4. The Morgan fingerprint density at radius 2 is 1.46 bits per heavy atom. The first-order chi connectivity index (χ1) is 19.5. The summed E-state index contributed by atoms with van der Waals surface area (Å²) in [5.41, 5.74) is 1.02. The van der Waals surface area contributed by atoms with Gasteiger partial charge in [0.05, 0.1) is 14.2 Å². The molecule has 0 bridgehead atoms. The standard InChI is InChI=1S/C29H35NO11/c1-8-13(2)20(30-28(33)41-29(3,4)5)27(32)40-22-15-10-17(35-7)24-26(39-12-37-24)19(15)18-14(21(22)31)9-16(34-6)23-25(18)38-11-36-23/h9-10,13,20-22,31H,8,11-12H2,1-7H3,(H,30,33). The van der Waals surface area contributed by atoms with Crippen LogP contribution in [-0.2, 0) is 14.3 Å². The lowest BCUT2D eigenvalue weighted by atomic mass is 9.80. The van der Waals surface area contributed by atoms with E-state index in [1.807, 2.05) is 13.8 Å². The van der Waals surface area contributed by atoms with E-state index in [4.69, 9.17) is 37.9 Å². The van der Waals surface area contributed by atoms with Crippen LogP contribution in [0, 0.1) is 5.92 Å². The number of amides is 1. The number of hydrogen-bond acceptors (Lipinski definition) is 11. The number of carbonyl (C=O) groups excluding carboxylic acids is 2. The number of carbonyl (C=O) groups is 2. The van der Waals surface area contributed by atoms with Crippen LogP contribution >= 0.6 is 0 Å². The van der Waals surface area contributed by atoms with Crippen LogP contribution in [0.2, 0.25) is 0 Å². The van der Waals surface area contributed by atoms with Gasteiger partial charge in [0.1, 0.15) is 17.7 Å². The maximum absolute atomic E-state index is 13.7. The lowest BCUT2D eigenvalue weighted by Crippen LogP contribution is -2.48. The Hall–Kier alpha value is -4.06. The molecule has 2 aromatic rings. The predicted octanol–water partition coefficient (Wildman–Crippen LogP) is 4.40. The highest BCUT2D eigenvalue weighted by atomic mass is 16.7. The number of aliphatic hydroxyl groups excluding tert-OH is 1. The minimum Gasteiger partial charge on any atom is -0.493 e. The Labute approximate surface area is 237 Å². The van der Waals surface area contributed by atoms with E-state index in [1.54, 1.807) is 32.9 Å². The van der Waals surface area contributed by atoms with E-state index in [0.717, 1.165) is 0 Å². The number of nitrogens with one attached hydrogen (secondary N) is 1. The van der Waals surface area contributed by atoms with Gasteiger partial charge in [0.15, 0.2) is 29.1 Å². The first-order valence-corrected chi connectivity index (χ1v) is 13.4. The van der Waals surface area contributed by atoms with Gasteiger partial charge in [-0.2, -0.15) is 0 Å². The molecular formula is C29H35NO11. The Morgan fingerprint density at radius 1 is 0.951 bits per heavy atom. The Kier molecular flexibility index (Phi) is 7.45. The first-order valence-electron chi connectivity index (χ1n) is 13.4. The van der Waals surface area contributed by atoms with Gasteiger partial charge >= 0.3 is 12.1 Å². The zero-order valence-electron chi connectivity index (χ0n) is 24.1. The maximum atomic E-state index is 13.7. The number of aliphatic hydroxyl groups is 1. The summed E-state index contributed by atoms with van der Waals surface area (Å²) < 4.78 is 45.6. The van der Waals surface area contributed by atoms with Gasteiger partial charge in [-0.05, 0) is 38.8 Å². The highest BCUT2D eigenvalue weighted by Gasteiger charge is 2.45. The second-order valence-corrected chi connectivity index (χ2v) is 11.0. The Bertz CT molecular complexity index is 1370. The topological polar surface area (TPSA) is 140 Å². The van der Waals surface area contributed by atoms with E-state index >= 15 is 0 Å². The monoisotopic (exact) mass is 573 g/mol. The third-order valence-corrected chi connectivity index (χ3v) is 7.26. The summed E-state index contributed by atoms with van der Waals surface area (Å²) in [7, 11) is 2.95. The van der Waals surface area contributed by atoms with Gasteiger partial charge in [0, 0.05) is 22.3 Å². The van der Waals surface area contributed by atoms with Crippen LogP contribution in [-0.4, -0.2) is 56.6 Å². The molecule has 222 valence electrons. The molecule has 2 N–H and O–H groups in total. The van der Waals surface area contributed by atoms with Crippen molar-refractivity contribution in [3.8, 4) is 45.6 Å². The van der Waals surface area contributed by atoms with Crippen molar-refractivity contribution in [1.82, 2.24) is 5.32 Å². The van der Waals surface area contributed by atoms with Crippen molar-refractivity contribution in [3.05, 3.63) is 23.3 Å². The summed E-state index contributed by atoms with van der Waals surface area (Å²) in [4.78, 5) is 26.3. The summed E-state index contributed by atoms with van der Waals surface area (Å²) >= 11 is 0. The van der Waals surface area contributed by atoms with Crippen molar-refractivity contribution in [2.75, 3.05) is 27.8 Å². The predicted molar refractivity (Wildman–Crippen MR) is 144 cm³/mol. The van der Waals surface area contributed by atoms with Crippen LogP contribution in [0.1, 0.15) is 64.4 Å². The second kappa shape index (κ2) is 10.7. The van der Waals surface area contributed by atoms with Crippen molar-refractivity contribution in [1.29, 1.82) is 0 Å². The minimum atomic E-state index is -1.35. The van der Waals surface area contributed by atoms with Gasteiger partial charge < -0.3 is 48.3 Å². The molecule has 0 radical (unpaired) electrons.